The van der Waals surface area contributed by atoms with Gasteiger partial charge in [-0.15, -0.1) is 0 Å². The zero-order valence-corrected chi connectivity index (χ0v) is 33.6. The molecule has 10 aromatic rings. The van der Waals surface area contributed by atoms with Crippen LogP contribution in [0.4, 0.5) is 11.4 Å². The van der Waals surface area contributed by atoms with Crippen LogP contribution in [-0.2, 0) is 0 Å². The first-order valence-electron chi connectivity index (χ1n) is 21.3. The predicted octanol–water partition coefficient (Wildman–Crippen LogP) is 13.8. The van der Waals surface area contributed by atoms with Gasteiger partial charge >= 0.3 is 0 Å². The number of para-hydroxylation sites is 2. The molecule has 0 N–H and O–H groups in total. The second-order valence-corrected chi connectivity index (χ2v) is 16.5. The number of pyridine rings is 2. The number of aromatic nitrogens is 2. The standard InChI is InChI=1S/C58H36N4/c1-3-15-35(16-4-1)53-45-23-11-9-21-41(45)43-29-27-39(31-47(43)53)55-57-51(33-37-19-7-13-25-49(37)59-57)62-56(58-52(61-55)34-38-20-8-14-26-50(38)60-58)40-28-30-44-42-22-10-12-24-46(42)54(48(44)32-40)36-17-5-2-6-18-36/h1-34,53-54H. The molecule has 0 bridgehead atoms. The lowest BCUT2D eigenvalue weighted by atomic mass is 9.87. The average molecular weight is 789 g/mol. The molecule has 2 atom stereocenters. The van der Waals surface area contributed by atoms with E-state index < -0.39 is 0 Å². The maximum atomic E-state index is 5.69. The fourth-order valence-electron chi connectivity index (χ4n) is 10.2. The normalized spacial score (nSPS) is 15.6. The van der Waals surface area contributed by atoms with E-state index in [1.54, 1.807) is 0 Å². The Balaban J connectivity index is 1.06. The van der Waals surface area contributed by atoms with Gasteiger partial charge in [-0.05, 0) is 92.0 Å². The Bertz CT molecular complexity index is 3300. The van der Waals surface area contributed by atoms with Crippen molar-refractivity contribution < 1.29 is 0 Å². The topological polar surface area (TPSA) is 50.5 Å². The molecule has 8 aromatic carbocycles. The highest BCUT2D eigenvalue weighted by atomic mass is 14.9. The molecule has 0 saturated carbocycles. The molecule has 3 aliphatic rings. The minimum atomic E-state index is 0.0914. The van der Waals surface area contributed by atoms with Crippen LogP contribution in [0.2, 0.25) is 0 Å². The maximum absolute atomic E-state index is 5.69. The molecule has 288 valence electrons. The largest absolute Gasteiger partial charge is 0.244 e. The Morgan fingerprint density at radius 2 is 0.694 bits per heavy atom. The third-order valence-electron chi connectivity index (χ3n) is 13.0. The van der Waals surface area contributed by atoms with Crippen LogP contribution >= 0.6 is 0 Å². The highest BCUT2D eigenvalue weighted by molar-refractivity contribution is 6.23. The minimum Gasteiger partial charge on any atom is -0.244 e. The lowest BCUT2D eigenvalue weighted by molar-refractivity contribution is 1.01. The molecule has 0 spiro atoms. The number of nitrogens with zero attached hydrogens (tertiary/aromatic N) is 4. The van der Waals surface area contributed by atoms with Gasteiger partial charge in [0.2, 0.25) is 0 Å². The van der Waals surface area contributed by atoms with Gasteiger partial charge in [0, 0.05) is 33.7 Å². The van der Waals surface area contributed by atoms with Gasteiger partial charge in [0.15, 0.2) is 0 Å². The van der Waals surface area contributed by atoms with Crippen molar-refractivity contribution in [2.75, 3.05) is 0 Å². The molecule has 1 aliphatic heterocycles. The van der Waals surface area contributed by atoms with E-state index in [9.17, 15) is 0 Å². The summed E-state index contributed by atoms with van der Waals surface area (Å²) in [5.41, 5.74) is 21.0. The number of rotatable bonds is 4. The monoisotopic (exact) mass is 788 g/mol. The summed E-state index contributed by atoms with van der Waals surface area (Å²) in [5.74, 6) is 0.183. The summed E-state index contributed by atoms with van der Waals surface area (Å²) in [7, 11) is 0. The lowest BCUT2D eigenvalue weighted by Crippen LogP contribution is -2.14. The van der Waals surface area contributed by atoms with Crippen molar-refractivity contribution >= 4 is 44.6 Å². The van der Waals surface area contributed by atoms with Gasteiger partial charge in [0.25, 0.3) is 0 Å². The zero-order chi connectivity index (χ0) is 40.7. The summed E-state index contributed by atoms with van der Waals surface area (Å²) in [4.78, 5) is 22.2. The van der Waals surface area contributed by atoms with E-state index in [2.05, 4.69) is 194 Å². The van der Waals surface area contributed by atoms with E-state index in [4.69, 9.17) is 20.0 Å². The van der Waals surface area contributed by atoms with Gasteiger partial charge in [-0.1, -0.05) is 170 Å². The SMILES string of the molecule is c1ccc(C2c3ccccc3-c3ccc(C4=Nc5cc6ccccc6nc5C(c5ccc6c(c5)C(c5ccccc5)c5ccccc5-6)=Nc5cc6ccccc6nc54)cc32)cc1. The molecule has 3 heterocycles. The van der Waals surface area contributed by atoms with Gasteiger partial charge in [0.05, 0.1) is 33.8 Å². The van der Waals surface area contributed by atoms with Crippen molar-refractivity contribution in [3.8, 4) is 22.3 Å². The van der Waals surface area contributed by atoms with Crippen LogP contribution in [0.15, 0.2) is 216 Å². The summed E-state index contributed by atoms with van der Waals surface area (Å²) in [5, 5.41) is 2.03. The molecule has 4 nitrogen and oxygen atoms in total. The quantitative estimate of drug-likeness (QED) is 0.178. The van der Waals surface area contributed by atoms with Crippen LogP contribution < -0.4 is 0 Å². The van der Waals surface area contributed by atoms with E-state index in [-0.39, 0.29) is 11.8 Å². The molecule has 2 aromatic heterocycles. The van der Waals surface area contributed by atoms with Crippen molar-refractivity contribution in [3.05, 3.63) is 262 Å². The van der Waals surface area contributed by atoms with Crippen molar-refractivity contribution in [2.45, 2.75) is 11.8 Å². The van der Waals surface area contributed by atoms with Crippen LogP contribution in [0.5, 0.6) is 0 Å². The van der Waals surface area contributed by atoms with Crippen LogP contribution in [0.1, 0.15) is 67.7 Å². The van der Waals surface area contributed by atoms with Crippen LogP contribution in [-0.4, -0.2) is 21.4 Å². The van der Waals surface area contributed by atoms with Gasteiger partial charge in [-0.25, -0.2) is 20.0 Å². The number of hydrogen-bond acceptors (Lipinski definition) is 4. The first kappa shape index (κ1) is 34.8. The molecule has 0 saturated heterocycles. The van der Waals surface area contributed by atoms with Crippen molar-refractivity contribution in [1.82, 2.24) is 9.97 Å². The fraction of sp³-hybridized carbons (Fsp3) is 0.0345. The summed E-state index contributed by atoms with van der Waals surface area (Å²) < 4.78 is 0. The number of aliphatic imine (C=N–C) groups is 2. The van der Waals surface area contributed by atoms with E-state index in [0.717, 1.165) is 67.1 Å². The highest BCUT2D eigenvalue weighted by Gasteiger charge is 2.33. The summed E-state index contributed by atoms with van der Waals surface area (Å²) in [6, 6.07) is 73.9. The Labute approximate surface area is 359 Å². The molecule has 2 aliphatic carbocycles. The molecule has 13 rings (SSSR count). The van der Waals surface area contributed by atoms with Crippen LogP contribution in [0.3, 0.4) is 0 Å². The Morgan fingerprint density at radius 3 is 1.16 bits per heavy atom. The number of hydrogen-bond donors (Lipinski definition) is 0. The zero-order valence-electron chi connectivity index (χ0n) is 33.6. The third kappa shape index (κ3) is 5.40. The molecule has 0 fully saturated rings. The molecule has 2 unspecified atom stereocenters. The second kappa shape index (κ2) is 13.7. The molecule has 62 heavy (non-hydrogen) atoms. The highest BCUT2D eigenvalue weighted by Crippen LogP contribution is 2.50. The Morgan fingerprint density at radius 1 is 0.306 bits per heavy atom. The average Bonchev–Trinajstić information content (AvgIpc) is 3.84. The van der Waals surface area contributed by atoms with Crippen LogP contribution in [0, 0.1) is 0 Å². The van der Waals surface area contributed by atoms with E-state index in [1.807, 2.05) is 12.1 Å². The molecule has 0 radical (unpaired) electrons. The second-order valence-electron chi connectivity index (χ2n) is 16.5. The summed E-state index contributed by atoms with van der Waals surface area (Å²) in [6.45, 7) is 0. The van der Waals surface area contributed by atoms with Crippen molar-refractivity contribution in [3.63, 3.8) is 0 Å². The minimum absolute atomic E-state index is 0.0914. The molecule has 0 amide bonds. The molecule has 4 heteroatoms. The summed E-state index contributed by atoms with van der Waals surface area (Å²) in [6.07, 6.45) is 0. The maximum Gasteiger partial charge on any atom is 0.116 e. The molecular weight excluding hydrogens is 753 g/mol. The number of benzene rings is 8. The van der Waals surface area contributed by atoms with Gasteiger partial charge < -0.3 is 0 Å². The lowest BCUT2D eigenvalue weighted by Gasteiger charge is -2.20. The fourth-order valence-corrected chi connectivity index (χ4v) is 10.2. The van der Waals surface area contributed by atoms with E-state index in [1.165, 1.54) is 55.6 Å². The van der Waals surface area contributed by atoms with Gasteiger partial charge in [0.1, 0.15) is 11.4 Å². The van der Waals surface area contributed by atoms with Gasteiger partial charge in [-0.3, -0.25) is 0 Å². The first-order valence-corrected chi connectivity index (χ1v) is 21.3. The van der Waals surface area contributed by atoms with E-state index >= 15 is 0 Å². The first-order chi connectivity index (χ1) is 30.7. The smallest absolute Gasteiger partial charge is 0.116 e. The van der Waals surface area contributed by atoms with Crippen LogP contribution in [0.25, 0.3) is 44.1 Å². The molecular formula is C58H36N4. The van der Waals surface area contributed by atoms with Crippen molar-refractivity contribution in [1.29, 1.82) is 0 Å². The predicted molar refractivity (Wildman–Crippen MR) is 253 cm³/mol. The number of fused-ring (bicyclic) bond motifs is 10. The van der Waals surface area contributed by atoms with Crippen molar-refractivity contribution in [2.24, 2.45) is 9.98 Å². The summed E-state index contributed by atoms with van der Waals surface area (Å²) >= 11 is 0. The Hall–Kier alpha value is -8.08. The Kier molecular flexibility index (Phi) is 7.70. The third-order valence-corrected chi connectivity index (χ3v) is 13.0. The van der Waals surface area contributed by atoms with E-state index in [0.29, 0.717) is 0 Å². The van der Waals surface area contributed by atoms with Gasteiger partial charge in [-0.2, -0.15) is 0 Å².